The topological polar surface area (TPSA) is 27.7 Å². The molecular weight excluding hydrogens is 371 g/mol. The van der Waals surface area contributed by atoms with Crippen molar-refractivity contribution >= 4 is 7.12 Å². The van der Waals surface area contributed by atoms with Crippen LogP contribution in [0.25, 0.3) is 0 Å². The quantitative estimate of drug-likeness (QED) is 0.442. The zero-order valence-electron chi connectivity index (χ0n) is 19.0. The first kappa shape index (κ1) is 22.8. The van der Waals surface area contributed by atoms with E-state index >= 15 is 0 Å². The van der Waals surface area contributed by atoms with Gasteiger partial charge in [0.05, 0.1) is 23.9 Å². The molecule has 0 N–H and O–H groups in total. The minimum atomic E-state index is -0.333. The van der Waals surface area contributed by atoms with Crippen molar-refractivity contribution in [3.8, 4) is 0 Å². The molecule has 2 atom stereocenters. The van der Waals surface area contributed by atoms with Gasteiger partial charge in [0.15, 0.2) is 0 Å². The molecule has 3 nitrogen and oxygen atoms in total. The average molecular weight is 406 g/mol. The summed E-state index contributed by atoms with van der Waals surface area (Å²) in [6.07, 6.45) is 4.32. The smallest absolute Gasteiger partial charge is 0.400 e. The summed E-state index contributed by atoms with van der Waals surface area (Å²) < 4.78 is 18.8. The van der Waals surface area contributed by atoms with E-state index in [0.717, 1.165) is 12.8 Å². The van der Waals surface area contributed by atoms with Crippen LogP contribution in [0, 0.1) is 5.92 Å². The first-order valence-electron chi connectivity index (χ1n) is 11.1. The molecule has 30 heavy (non-hydrogen) atoms. The highest BCUT2D eigenvalue weighted by molar-refractivity contribution is 6.51. The molecule has 160 valence electrons. The standard InChI is InChI=1S/C26H35BO3/c1-6-13-22(18-19-27-29-25(2,3)26(4,5)30-27)24(23-16-11-8-12-17-23)28-20-21-14-9-7-10-15-21/h7-12,14-19,22,24H,6,13,20H2,1-5H3/b19-18+/t22-,24+/m1/s1. The summed E-state index contributed by atoms with van der Waals surface area (Å²) in [6.45, 7) is 11.1. The summed E-state index contributed by atoms with van der Waals surface area (Å²) in [5.41, 5.74) is 1.73. The fourth-order valence-corrected chi connectivity index (χ4v) is 3.75. The highest BCUT2D eigenvalue weighted by atomic mass is 16.7. The summed E-state index contributed by atoms with van der Waals surface area (Å²) >= 11 is 0. The van der Waals surface area contributed by atoms with Crippen molar-refractivity contribution in [2.45, 2.75) is 71.4 Å². The lowest BCUT2D eigenvalue weighted by atomic mass is 9.84. The van der Waals surface area contributed by atoms with Crippen LogP contribution in [0.4, 0.5) is 0 Å². The summed E-state index contributed by atoms with van der Waals surface area (Å²) in [6, 6.07) is 20.9. The Balaban J connectivity index is 1.79. The van der Waals surface area contributed by atoms with Crippen molar-refractivity contribution in [1.29, 1.82) is 0 Å². The van der Waals surface area contributed by atoms with E-state index in [4.69, 9.17) is 14.0 Å². The second-order valence-electron chi connectivity index (χ2n) is 9.09. The molecule has 0 spiro atoms. The van der Waals surface area contributed by atoms with Gasteiger partial charge in [-0.25, -0.2) is 0 Å². The van der Waals surface area contributed by atoms with Crippen LogP contribution in [-0.4, -0.2) is 18.3 Å². The van der Waals surface area contributed by atoms with Gasteiger partial charge in [-0.15, -0.1) is 0 Å². The summed E-state index contributed by atoms with van der Waals surface area (Å²) in [4.78, 5) is 0. The van der Waals surface area contributed by atoms with E-state index in [2.05, 4.69) is 95.2 Å². The van der Waals surface area contributed by atoms with Crippen LogP contribution in [0.1, 0.15) is 64.7 Å². The molecule has 1 saturated heterocycles. The van der Waals surface area contributed by atoms with Gasteiger partial charge in [-0.1, -0.05) is 86.1 Å². The molecule has 1 aliphatic rings. The SMILES string of the molecule is CCC[C@H](/C=C/B1OC(C)(C)C(C)(C)O1)[C@H](OCc1ccccc1)c1ccccc1. The van der Waals surface area contributed by atoms with Gasteiger partial charge in [-0.2, -0.15) is 0 Å². The monoisotopic (exact) mass is 406 g/mol. The highest BCUT2D eigenvalue weighted by Gasteiger charge is 2.50. The number of benzene rings is 2. The van der Waals surface area contributed by atoms with Gasteiger partial charge in [0.1, 0.15) is 0 Å². The Morgan fingerprint density at radius 3 is 2.03 bits per heavy atom. The van der Waals surface area contributed by atoms with Crippen LogP contribution in [0.2, 0.25) is 0 Å². The number of rotatable bonds is 9. The van der Waals surface area contributed by atoms with Crippen LogP contribution in [0.15, 0.2) is 72.7 Å². The normalized spacial score (nSPS) is 19.8. The molecule has 0 aliphatic carbocycles. The van der Waals surface area contributed by atoms with Gasteiger partial charge in [0.25, 0.3) is 0 Å². The first-order valence-corrected chi connectivity index (χ1v) is 11.1. The molecular formula is C26H35BO3. The Bertz CT molecular complexity index is 786. The third-order valence-corrected chi connectivity index (χ3v) is 6.20. The Morgan fingerprint density at radius 2 is 1.47 bits per heavy atom. The van der Waals surface area contributed by atoms with Crippen LogP contribution in [-0.2, 0) is 20.7 Å². The highest BCUT2D eigenvalue weighted by Crippen LogP contribution is 2.38. The summed E-state index contributed by atoms with van der Waals surface area (Å²) in [5, 5.41) is 0. The van der Waals surface area contributed by atoms with Gasteiger partial charge in [-0.3, -0.25) is 0 Å². The van der Waals surface area contributed by atoms with Crippen molar-refractivity contribution in [2.75, 3.05) is 0 Å². The van der Waals surface area contributed by atoms with Gasteiger partial charge < -0.3 is 14.0 Å². The molecule has 1 fully saturated rings. The molecule has 4 heteroatoms. The van der Waals surface area contributed by atoms with Gasteiger partial charge in [0.2, 0.25) is 0 Å². The second-order valence-corrected chi connectivity index (χ2v) is 9.09. The molecule has 1 aliphatic heterocycles. The Kier molecular flexibility index (Phi) is 7.57. The van der Waals surface area contributed by atoms with Crippen LogP contribution >= 0.6 is 0 Å². The van der Waals surface area contributed by atoms with Crippen molar-refractivity contribution in [3.05, 3.63) is 83.8 Å². The minimum absolute atomic E-state index is 0.0231. The number of ether oxygens (including phenoxy) is 1. The molecule has 0 amide bonds. The van der Waals surface area contributed by atoms with Gasteiger partial charge in [0, 0.05) is 5.92 Å². The van der Waals surface area contributed by atoms with Crippen molar-refractivity contribution < 1.29 is 14.0 Å². The Hall–Kier alpha value is -1.88. The summed E-state index contributed by atoms with van der Waals surface area (Å²) in [7, 11) is -0.333. The van der Waals surface area contributed by atoms with Crippen molar-refractivity contribution in [2.24, 2.45) is 5.92 Å². The summed E-state index contributed by atoms with van der Waals surface area (Å²) in [5.74, 6) is 2.30. The second kappa shape index (κ2) is 9.95. The van der Waals surface area contributed by atoms with Crippen molar-refractivity contribution in [3.63, 3.8) is 0 Å². The number of hydrogen-bond donors (Lipinski definition) is 0. The van der Waals surface area contributed by atoms with E-state index in [0.29, 0.717) is 6.61 Å². The van der Waals surface area contributed by atoms with Crippen molar-refractivity contribution in [1.82, 2.24) is 0 Å². The molecule has 0 bridgehead atoms. The lowest BCUT2D eigenvalue weighted by Crippen LogP contribution is -2.41. The predicted molar refractivity (Wildman–Crippen MR) is 124 cm³/mol. The molecule has 3 rings (SSSR count). The molecule has 0 saturated carbocycles. The third kappa shape index (κ3) is 5.63. The van der Waals surface area contributed by atoms with Crippen LogP contribution < -0.4 is 0 Å². The maximum atomic E-state index is 6.49. The van der Waals surface area contributed by atoms with E-state index in [1.807, 2.05) is 12.1 Å². The number of hydrogen-bond acceptors (Lipinski definition) is 3. The third-order valence-electron chi connectivity index (χ3n) is 6.20. The maximum absolute atomic E-state index is 6.49. The van der Waals surface area contributed by atoms with Gasteiger partial charge >= 0.3 is 7.12 Å². The van der Waals surface area contributed by atoms with E-state index in [9.17, 15) is 0 Å². The average Bonchev–Trinajstić information content (AvgIpc) is 2.94. The maximum Gasteiger partial charge on any atom is 0.486 e. The molecule has 2 aromatic rings. The molecule has 1 heterocycles. The zero-order chi connectivity index (χ0) is 21.6. The lowest BCUT2D eigenvalue weighted by Gasteiger charge is -2.32. The van der Waals surface area contributed by atoms with E-state index in [1.54, 1.807) is 0 Å². The Labute approximate surface area is 182 Å². The zero-order valence-corrected chi connectivity index (χ0v) is 19.0. The fourth-order valence-electron chi connectivity index (χ4n) is 3.75. The largest absolute Gasteiger partial charge is 0.486 e. The van der Waals surface area contributed by atoms with Gasteiger partial charge in [-0.05, 0) is 45.2 Å². The lowest BCUT2D eigenvalue weighted by molar-refractivity contribution is 0.00578. The Morgan fingerprint density at radius 1 is 0.900 bits per heavy atom. The molecule has 0 radical (unpaired) electrons. The first-order chi connectivity index (χ1) is 14.3. The predicted octanol–water partition coefficient (Wildman–Crippen LogP) is 6.55. The molecule has 2 aromatic carbocycles. The minimum Gasteiger partial charge on any atom is -0.400 e. The molecule has 0 aromatic heterocycles. The van der Waals surface area contributed by atoms with E-state index < -0.39 is 0 Å². The fraction of sp³-hybridized carbons (Fsp3) is 0.462. The van der Waals surface area contributed by atoms with E-state index in [1.165, 1.54) is 11.1 Å². The van der Waals surface area contributed by atoms with Crippen LogP contribution in [0.5, 0.6) is 0 Å². The van der Waals surface area contributed by atoms with Crippen LogP contribution in [0.3, 0.4) is 0 Å². The van der Waals surface area contributed by atoms with E-state index in [-0.39, 0.29) is 30.3 Å². The molecule has 0 unspecified atom stereocenters.